The van der Waals surface area contributed by atoms with E-state index in [-0.39, 0.29) is 0 Å². The molecule has 3 aromatic rings. The van der Waals surface area contributed by atoms with Gasteiger partial charge in [-0.25, -0.2) is 9.97 Å². The van der Waals surface area contributed by atoms with Crippen molar-refractivity contribution in [2.75, 3.05) is 0 Å². The normalized spacial score (nSPS) is 11.2. The van der Waals surface area contributed by atoms with Crippen molar-refractivity contribution in [3.05, 3.63) is 56.8 Å². The minimum absolute atomic E-state index is 0.570. The van der Waals surface area contributed by atoms with Crippen LogP contribution in [0.15, 0.2) is 24.3 Å². The zero-order valence-electron chi connectivity index (χ0n) is 11.7. The topological polar surface area (TPSA) is 25.8 Å². The average molecular weight is 303 g/mol. The van der Waals surface area contributed by atoms with Crippen molar-refractivity contribution in [3.8, 4) is 0 Å². The first kappa shape index (κ1) is 13.5. The fraction of sp³-hybridized carbons (Fsp3) is 0.250. The lowest BCUT2D eigenvalue weighted by molar-refractivity contribution is 0.987. The Hall–Kier alpha value is -1.45. The number of aryl methyl sites for hydroxylation is 3. The quantitative estimate of drug-likeness (QED) is 0.632. The molecule has 0 aliphatic heterocycles. The first-order valence-corrected chi connectivity index (χ1v) is 7.72. The van der Waals surface area contributed by atoms with Gasteiger partial charge in [0.25, 0.3) is 0 Å². The van der Waals surface area contributed by atoms with Gasteiger partial charge in [0.1, 0.15) is 15.8 Å². The lowest BCUT2D eigenvalue weighted by Crippen LogP contribution is -1.98. The summed E-state index contributed by atoms with van der Waals surface area (Å²) in [5.74, 6) is 0.790. The Kier molecular flexibility index (Phi) is 3.48. The fourth-order valence-corrected chi connectivity index (χ4v) is 3.73. The van der Waals surface area contributed by atoms with E-state index in [4.69, 9.17) is 11.6 Å². The summed E-state index contributed by atoms with van der Waals surface area (Å²) in [7, 11) is 0. The Morgan fingerprint density at radius 2 is 1.85 bits per heavy atom. The van der Waals surface area contributed by atoms with Crippen LogP contribution in [0, 0.1) is 20.8 Å². The molecule has 0 aliphatic carbocycles. The van der Waals surface area contributed by atoms with Crippen molar-refractivity contribution in [1.82, 2.24) is 9.97 Å². The van der Waals surface area contributed by atoms with Gasteiger partial charge in [0.15, 0.2) is 0 Å². The molecule has 0 amide bonds. The Bertz CT molecular complexity index is 793. The van der Waals surface area contributed by atoms with Gasteiger partial charge in [0.05, 0.1) is 5.39 Å². The summed E-state index contributed by atoms with van der Waals surface area (Å²) in [6.45, 7) is 6.28. The van der Waals surface area contributed by atoms with Crippen molar-refractivity contribution in [3.63, 3.8) is 0 Å². The van der Waals surface area contributed by atoms with E-state index >= 15 is 0 Å². The van der Waals surface area contributed by atoms with E-state index in [1.165, 1.54) is 21.6 Å². The Balaban J connectivity index is 2.07. The average Bonchev–Trinajstić information content (AvgIpc) is 2.68. The minimum atomic E-state index is 0.570. The summed E-state index contributed by atoms with van der Waals surface area (Å²) in [6, 6.07) is 8.31. The number of thiophene rings is 1. The van der Waals surface area contributed by atoms with Crippen molar-refractivity contribution < 1.29 is 0 Å². The Morgan fingerprint density at radius 3 is 2.60 bits per heavy atom. The zero-order valence-corrected chi connectivity index (χ0v) is 13.3. The number of nitrogens with zero attached hydrogens (tertiary/aromatic N) is 2. The maximum absolute atomic E-state index is 6.34. The third-order valence-corrected chi connectivity index (χ3v) is 5.02. The van der Waals surface area contributed by atoms with Crippen LogP contribution in [-0.4, -0.2) is 9.97 Å². The van der Waals surface area contributed by atoms with Gasteiger partial charge < -0.3 is 0 Å². The molecule has 0 atom stereocenters. The van der Waals surface area contributed by atoms with Gasteiger partial charge in [-0.15, -0.1) is 11.3 Å². The number of benzene rings is 1. The molecule has 3 rings (SSSR count). The second-order valence-corrected chi connectivity index (χ2v) is 6.56. The first-order chi connectivity index (χ1) is 9.56. The van der Waals surface area contributed by atoms with Crippen LogP contribution in [-0.2, 0) is 6.42 Å². The van der Waals surface area contributed by atoms with Crippen molar-refractivity contribution in [1.29, 1.82) is 0 Å². The van der Waals surface area contributed by atoms with Crippen LogP contribution in [0.2, 0.25) is 5.15 Å². The van der Waals surface area contributed by atoms with Crippen LogP contribution in [0.3, 0.4) is 0 Å². The first-order valence-electron chi connectivity index (χ1n) is 6.53. The maximum atomic E-state index is 6.34. The van der Waals surface area contributed by atoms with E-state index in [1.54, 1.807) is 11.3 Å². The number of fused-ring (bicyclic) bond motifs is 1. The van der Waals surface area contributed by atoms with E-state index in [9.17, 15) is 0 Å². The standard InChI is InChI=1S/C16H15ClN2S/c1-9-6-4-5-7-12(9)8-13-18-15(17)14-10(2)11(3)20-16(14)19-13/h4-7H,8H2,1-3H3. The number of rotatable bonds is 2. The molecule has 2 heterocycles. The second-order valence-electron chi connectivity index (χ2n) is 5.00. The molecule has 0 saturated heterocycles. The van der Waals surface area contributed by atoms with E-state index < -0.39 is 0 Å². The minimum Gasteiger partial charge on any atom is -0.222 e. The molecular formula is C16H15ClN2S. The molecule has 102 valence electrons. The van der Waals surface area contributed by atoms with Gasteiger partial charge in [-0.1, -0.05) is 35.9 Å². The molecule has 0 saturated carbocycles. The van der Waals surface area contributed by atoms with Crippen LogP contribution >= 0.6 is 22.9 Å². The third-order valence-electron chi connectivity index (χ3n) is 3.64. The van der Waals surface area contributed by atoms with Crippen LogP contribution < -0.4 is 0 Å². The van der Waals surface area contributed by atoms with Gasteiger partial charge in [-0.05, 0) is 37.5 Å². The Morgan fingerprint density at radius 1 is 1.10 bits per heavy atom. The highest BCUT2D eigenvalue weighted by Crippen LogP contribution is 2.33. The number of aromatic nitrogens is 2. The highest BCUT2D eigenvalue weighted by atomic mass is 35.5. The molecule has 20 heavy (non-hydrogen) atoms. The van der Waals surface area contributed by atoms with Crippen molar-refractivity contribution in [2.24, 2.45) is 0 Å². The molecule has 2 aromatic heterocycles. The number of hydrogen-bond acceptors (Lipinski definition) is 3. The second kappa shape index (κ2) is 5.15. The van der Waals surface area contributed by atoms with Crippen LogP contribution in [0.5, 0.6) is 0 Å². The van der Waals surface area contributed by atoms with Crippen LogP contribution in [0.1, 0.15) is 27.4 Å². The zero-order chi connectivity index (χ0) is 14.3. The van der Waals surface area contributed by atoms with E-state index in [0.29, 0.717) is 5.15 Å². The summed E-state index contributed by atoms with van der Waals surface area (Å²) in [5, 5.41) is 1.57. The molecular weight excluding hydrogens is 288 g/mol. The third kappa shape index (κ3) is 2.32. The summed E-state index contributed by atoms with van der Waals surface area (Å²) in [5.41, 5.74) is 3.69. The molecule has 2 nitrogen and oxygen atoms in total. The maximum Gasteiger partial charge on any atom is 0.141 e. The summed E-state index contributed by atoms with van der Waals surface area (Å²) < 4.78 is 0. The summed E-state index contributed by atoms with van der Waals surface area (Å²) in [6.07, 6.45) is 0.721. The van der Waals surface area contributed by atoms with Crippen molar-refractivity contribution in [2.45, 2.75) is 27.2 Å². The lowest BCUT2D eigenvalue weighted by atomic mass is 10.1. The van der Waals surface area contributed by atoms with Crippen LogP contribution in [0.25, 0.3) is 10.2 Å². The monoisotopic (exact) mass is 302 g/mol. The molecule has 0 N–H and O–H groups in total. The van der Waals surface area contributed by atoms with Gasteiger partial charge in [0, 0.05) is 11.3 Å². The molecule has 1 aromatic carbocycles. The van der Waals surface area contributed by atoms with Crippen LogP contribution in [0.4, 0.5) is 0 Å². The smallest absolute Gasteiger partial charge is 0.141 e. The van der Waals surface area contributed by atoms with Gasteiger partial charge in [0.2, 0.25) is 0 Å². The van der Waals surface area contributed by atoms with Crippen molar-refractivity contribution >= 4 is 33.2 Å². The molecule has 0 fully saturated rings. The number of hydrogen-bond donors (Lipinski definition) is 0. The van der Waals surface area contributed by atoms with E-state index in [2.05, 4.69) is 42.9 Å². The van der Waals surface area contributed by atoms with Gasteiger partial charge in [-0.2, -0.15) is 0 Å². The molecule has 0 aliphatic rings. The SMILES string of the molecule is Cc1ccccc1Cc1nc(Cl)c2c(C)c(C)sc2n1. The number of halogens is 1. The summed E-state index contributed by atoms with van der Waals surface area (Å²) in [4.78, 5) is 11.4. The predicted octanol–water partition coefficient (Wildman–Crippen LogP) is 4.86. The lowest BCUT2D eigenvalue weighted by Gasteiger charge is -2.05. The largest absolute Gasteiger partial charge is 0.222 e. The van der Waals surface area contributed by atoms with E-state index in [1.807, 2.05) is 12.1 Å². The molecule has 0 unspecified atom stereocenters. The van der Waals surface area contributed by atoms with Gasteiger partial charge >= 0.3 is 0 Å². The predicted molar refractivity (Wildman–Crippen MR) is 85.9 cm³/mol. The molecule has 0 spiro atoms. The molecule has 4 heteroatoms. The Labute approximate surface area is 127 Å². The molecule has 0 bridgehead atoms. The highest BCUT2D eigenvalue weighted by molar-refractivity contribution is 7.18. The van der Waals surface area contributed by atoms with Gasteiger partial charge in [-0.3, -0.25) is 0 Å². The summed E-state index contributed by atoms with van der Waals surface area (Å²) >= 11 is 8.03. The highest BCUT2D eigenvalue weighted by Gasteiger charge is 2.13. The molecule has 0 radical (unpaired) electrons. The fourth-order valence-electron chi connectivity index (χ4n) is 2.30. The van der Waals surface area contributed by atoms with E-state index in [0.717, 1.165) is 22.5 Å².